The fourth-order valence-corrected chi connectivity index (χ4v) is 2.77. The van der Waals surface area contributed by atoms with Crippen LogP contribution >= 0.6 is 11.8 Å². The second-order valence-corrected chi connectivity index (χ2v) is 5.60. The number of unbranched alkanes of at least 4 members (excludes halogenated alkanes) is 2. The molecule has 0 aromatic heterocycles. The lowest BCUT2D eigenvalue weighted by atomic mass is 10.2. The molecule has 0 spiro atoms. The van der Waals surface area contributed by atoms with E-state index in [0.29, 0.717) is 5.56 Å². The Balaban J connectivity index is 2.17. The number of hydrogen-bond donors (Lipinski definition) is 2. The molecule has 0 unspecified atom stereocenters. The molecule has 0 fully saturated rings. The quantitative estimate of drug-likeness (QED) is 0.508. The van der Waals surface area contributed by atoms with Crippen molar-refractivity contribution in [3.63, 3.8) is 0 Å². The number of carboxylic acid groups (broad SMARTS) is 1. The van der Waals surface area contributed by atoms with Gasteiger partial charge in [-0.25, -0.2) is 4.79 Å². The van der Waals surface area contributed by atoms with Gasteiger partial charge in [0.15, 0.2) is 0 Å². The maximum atomic E-state index is 11.0. The van der Waals surface area contributed by atoms with E-state index in [-0.39, 0.29) is 0 Å². The van der Waals surface area contributed by atoms with Crippen molar-refractivity contribution in [2.75, 3.05) is 18.8 Å². The fourth-order valence-electron chi connectivity index (χ4n) is 1.77. The summed E-state index contributed by atoms with van der Waals surface area (Å²) in [5.74, 6) is 0.103. The smallest absolute Gasteiger partial charge is 0.336 e. The zero-order chi connectivity index (χ0) is 13.9. The van der Waals surface area contributed by atoms with Crippen molar-refractivity contribution < 1.29 is 9.90 Å². The van der Waals surface area contributed by atoms with E-state index >= 15 is 0 Å². The van der Waals surface area contributed by atoms with Crippen molar-refractivity contribution in [2.45, 2.75) is 37.5 Å². The molecule has 0 atom stereocenters. The van der Waals surface area contributed by atoms with E-state index in [0.717, 1.165) is 30.2 Å². The lowest BCUT2D eigenvalue weighted by molar-refractivity contribution is 0.0693. The number of rotatable bonds is 10. The van der Waals surface area contributed by atoms with Crippen LogP contribution in [0.15, 0.2) is 29.2 Å². The number of aromatic carboxylic acids is 1. The van der Waals surface area contributed by atoms with E-state index < -0.39 is 5.97 Å². The van der Waals surface area contributed by atoms with Crippen LogP contribution in [0.1, 0.15) is 43.0 Å². The zero-order valence-corrected chi connectivity index (χ0v) is 12.3. The first kappa shape index (κ1) is 16.1. The summed E-state index contributed by atoms with van der Waals surface area (Å²) >= 11 is 1.62. The molecule has 0 saturated carbocycles. The summed E-state index contributed by atoms with van der Waals surface area (Å²) in [6.07, 6.45) is 4.84. The zero-order valence-electron chi connectivity index (χ0n) is 11.5. The highest BCUT2D eigenvalue weighted by Gasteiger charge is 2.08. The highest BCUT2D eigenvalue weighted by molar-refractivity contribution is 7.99. The largest absolute Gasteiger partial charge is 0.478 e. The molecule has 0 bridgehead atoms. The number of benzene rings is 1. The van der Waals surface area contributed by atoms with Crippen LogP contribution in [0.4, 0.5) is 0 Å². The summed E-state index contributed by atoms with van der Waals surface area (Å²) in [7, 11) is 0. The van der Waals surface area contributed by atoms with Gasteiger partial charge in [-0.05, 0) is 43.8 Å². The van der Waals surface area contributed by atoms with Crippen molar-refractivity contribution in [3.05, 3.63) is 29.8 Å². The molecule has 0 heterocycles. The van der Waals surface area contributed by atoms with Gasteiger partial charge in [-0.3, -0.25) is 0 Å². The Kier molecular flexibility index (Phi) is 8.34. The van der Waals surface area contributed by atoms with Crippen LogP contribution in [-0.4, -0.2) is 29.9 Å². The summed E-state index contributed by atoms with van der Waals surface area (Å²) in [6, 6.07) is 7.19. The van der Waals surface area contributed by atoms with Crippen LogP contribution in [0.3, 0.4) is 0 Å². The van der Waals surface area contributed by atoms with Gasteiger partial charge in [0.2, 0.25) is 0 Å². The second kappa shape index (κ2) is 9.87. The third kappa shape index (κ3) is 6.64. The van der Waals surface area contributed by atoms with Gasteiger partial charge in [0.25, 0.3) is 0 Å². The average Bonchev–Trinajstić information content (AvgIpc) is 2.42. The van der Waals surface area contributed by atoms with Gasteiger partial charge in [0.05, 0.1) is 5.56 Å². The minimum absolute atomic E-state index is 0.406. The summed E-state index contributed by atoms with van der Waals surface area (Å²) in [5, 5.41) is 12.5. The molecule has 1 aromatic rings. The Morgan fingerprint density at radius 3 is 2.68 bits per heavy atom. The number of thioether (sulfide) groups is 1. The molecule has 4 heteroatoms. The fraction of sp³-hybridized carbons (Fsp3) is 0.533. The van der Waals surface area contributed by atoms with Gasteiger partial charge in [-0.15, -0.1) is 11.8 Å². The Bertz CT molecular complexity index is 382. The van der Waals surface area contributed by atoms with E-state index in [9.17, 15) is 4.79 Å². The third-order valence-electron chi connectivity index (χ3n) is 2.83. The predicted molar refractivity (Wildman–Crippen MR) is 81.1 cm³/mol. The van der Waals surface area contributed by atoms with Gasteiger partial charge in [-0.1, -0.05) is 31.9 Å². The number of nitrogens with one attached hydrogen (secondary N) is 1. The van der Waals surface area contributed by atoms with Gasteiger partial charge in [0.1, 0.15) is 0 Å². The highest BCUT2D eigenvalue weighted by atomic mass is 32.2. The van der Waals surface area contributed by atoms with Crippen LogP contribution in [0.25, 0.3) is 0 Å². The first-order chi connectivity index (χ1) is 9.25. The summed E-state index contributed by atoms with van der Waals surface area (Å²) in [6.45, 7) is 4.30. The van der Waals surface area contributed by atoms with Crippen LogP contribution in [0.5, 0.6) is 0 Å². The Hall–Kier alpha value is -1.00. The van der Waals surface area contributed by atoms with Crippen LogP contribution in [-0.2, 0) is 0 Å². The normalized spacial score (nSPS) is 10.6. The molecular weight excluding hydrogens is 258 g/mol. The average molecular weight is 281 g/mol. The standard InChI is InChI=1S/C15H23NO2S/c1-2-3-6-10-16-11-7-12-19-14-9-5-4-8-13(14)15(17)18/h4-5,8-9,16H,2-3,6-7,10-12H2,1H3,(H,17,18). The Labute approximate surface area is 119 Å². The summed E-state index contributed by atoms with van der Waals surface area (Å²) in [5.41, 5.74) is 0.406. The molecule has 2 N–H and O–H groups in total. The van der Waals surface area contributed by atoms with E-state index in [1.54, 1.807) is 23.9 Å². The maximum Gasteiger partial charge on any atom is 0.336 e. The van der Waals surface area contributed by atoms with Crippen molar-refractivity contribution in [1.82, 2.24) is 5.32 Å². The number of hydrogen-bond acceptors (Lipinski definition) is 3. The van der Waals surface area contributed by atoms with Crippen LogP contribution in [0, 0.1) is 0 Å². The predicted octanol–water partition coefficient (Wildman–Crippen LogP) is 3.65. The lowest BCUT2D eigenvalue weighted by Crippen LogP contribution is -2.17. The topological polar surface area (TPSA) is 49.3 Å². The summed E-state index contributed by atoms with van der Waals surface area (Å²) in [4.78, 5) is 11.9. The van der Waals surface area contributed by atoms with Gasteiger partial charge < -0.3 is 10.4 Å². The lowest BCUT2D eigenvalue weighted by Gasteiger charge is -2.06. The molecule has 0 aliphatic heterocycles. The van der Waals surface area contributed by atoms with E-state index in [1.807, 2.05) is 12.1 Å². The Morgan fingerprint density at radius 2 is 1.95 bits per heavy atom. The number of carbonyl (C=O) groups is 1. The number of carboxylic acids is 1. The second-order valence-electron chi connectivity index (χ2n) is 4.46. The molecule has 0 saturated heterocycles. The van der Waals surface area contributed by atoms with E-state index in [2.05, 4.69) is 12.2 Å². The molecule has 3 nitrogen and oxygen atoms in total. The van der Waals surface area contributed by atoms with Crippen molar-refractivity contribution in [3.8, 4) is 0 Å². The minimum Gasteiger partial charge on any atom is -0.478 e. The molecule has 0 aliphatic rings. The molecule has 19 heavy (non-hydrogen) atoms. The molecule has 1 rings (SSSR count). The van der Waals surface area contributed by atoms with Gasteiger partial charge >= 0.3 is 5.97 Å². The van der Waals surface area contributed by atoms with Crippen molar-refractivity contribution >= 4 is 17.7 Å². The van der Waals surface area contributed by atoms with Gasteiger partial charge in [-0.2, -0.15) is 0 Å². The molecule has 106 valence electrons. The molecule has 0 aliphatic carbocycles. The first-order valence-corrected chi connectivity index (χ1v) is 7.90. The molecule has 1 aromatic carbocycles. The van der Waals surface area contributed by atoms with E-state index in [4.69, 9.17) is 5.11 Å². The van der Waals surface area contributed by atoms with Gasteiger partial charge in [0, 0.05) is 4.90 Å². The van der Waals surface area contributed by atoms with Crippen molar-refractivity contribution in [1.29, 1.82) is 0 Å². The first-order valence-electron chi connectivity index (χ1n) is 6.91. The molecule has 0 amide bonds. The Morgan fingerprint density at radius 1 is 1.21 bits per heavy atom. The monoisotopic (exact) mass is 281 g/mol. The van der Waals surface area contributed by atoms with Crippen LogP contribution < -0.4 is 5.32 Å². The van der Waals surface area contributed by atoms with E-state index in [1.165, 1.54) is 19.3 Å². The SMILES string of the molecule is CCCCCNCCCSc1ccccc1C(=O)O. The highest BCUT2D eigenvalue weighted by Crippen LogP contribution is 2.22. The van der Waals surface area contributed by atoms with Crippen LogP contribution in [0.2, 0.25) is 0 Å². The minimum atomic E-state index is -0.846. The maximum absolute atomic E-state index is 11.0. The molecule has 0 radical (unpaired) electrons. The van der Waals surface area contributed by atoms with Crippen molar-refractivity contribution in [2.24, 2.45) is 0 Å². The molecular formula is C15H23NO2S. The summed E-state index contributed by atoms with van der Waals surface area (Å²) < 4.78 is 0. The third-order valence-corrected chi connectivity index (χ3v) is 3.99.